The van der Waals surface area contributed by atoms with Crippen molar-refractivity contribution >= 4 is 11.8 Å². The van der Waals surface area contributed by atoms with Gasteiger partial charge in [-0.3, -0.25) is 9.59 Å². The van der Waals surface area contributed by atoms with Crippen LogP contribution in [0.3, 0.4) is 0 Å². The third kappa shape index (κ3) is 3.12. The zero-order valence-electron chi connectivity index (χ0n) is 14.2. The largest absolute Gasteiger partial charge is 0.353 e. The molecule has 1 N–H and O–H groups in total. The van der Waals surface area contributed by atoms with Gasteiger partial charge in [0.05, 0.1) is 5.92 Å². The number of rotatable bonds is 3. The summed E-state index contributed by atoms with van der Waals surface area (Å²) in [6.45, 7) is 8.02. The lowest BCUT2D eigenvalue weighted by Gasteiger charge is -2.39. The Morgan fingerprint density at radius 2 is 2.26 bits per heavy atom. The lowest BCUT2D eigenvalue weighted by molar-refractivity contribution is -0.147. The lowest BCUT2D eigenvalue weighted by Crippen LogP contribution is -2.59. The molecule has 2 amide bonds. The average molecular weight is 318 g/mol. The molecule has 0 bridgehead atoms. The Labute approximate surface area is 137 Å². The highest BCUT2D eigenvalue weighted by atomic mass is 16.2. The summed E-state index contributed by atoms with van der Waals surface area (Å²) in [5.74, 6) is 1.43. The number of imidazole rings is 1. The van der Waals surface area contributed by atoms with Gasteiger partial charge in [0.1, 0.15) is 11.9 Å². The van der Waals surface area contributed by atoms with Crippen LogP contribution in [0.2, 0.25) is 0 Å². The predicted molar refractivity (Wildman–Crippen MR) is 86.7 cm³/mol. The first kappa shape index (κ1) is 16.0. The highest BCUT2D eigenvalue weighted by Crippen LogP contribution is 2.25. The van der Waals surface area contributed by atoms with Crippen molar-refractivity contribution in [3.8, 4) is 0 Å². The molecule has 6 nitrogen and oxygen atoms in total. The minimum atomic E-state index is -0.318. The number of nitrogens with one attached hydrogen (secondary N) is 1. The van der Waals surface area contributed by atoms with E-state index >= 15 is 0 Å². The summed E-state index contributed by atoms with van der Waals surface area (Å²) in [5.41, 5.74) is 1.21. The van der Waals surface area contributed by atoms with Gasteiger partial charge in [-0.2, -0.15) is 0 Å². The molecule has 6 heteroatoms. The van der Waals surface area contributed by atoms with Crippen molar-refractivity contribution in [1.29, 1.82) is 0 Å². The van der Waals surface area contributed by atoms with E-state index in [9.17, 15) is 9.59 Å². The molecular formula is C17H26N4O2. The quantitative estimate of drug-likeness (QED) is 0.908. The summed E-state index contributed by atoms with van der Waals surface area (Å²) in [7, 11) is 0. The van der Waals surface area contributed by atoms with E-state index in [2.05, 4.69) is 28.7 Å². The van der Waals surface area contributed by atoms with E-state index in [1.165, 1.54) is 5.69 Å². The SMILES string of the molecule is Cc1ncc2n1C[C@H](C(=O)N1CCNC(=O)[C@@H]1CC(C)C)CC2. The molecule has 0 aromatic carbocycles. The Bertz CT molecular complexity index is 608. The molecule has 1 fully saturated rings. The summed E-state index contributed by atoms with van der Waals surface area (Å²) in [4.78, 5) is 31.4. The van der Waals surface area contributed by atoms with Crippen LogP contribution in [0.4, 0.5) is 0 Å². The summed E-state index contributed by atoms with van der Waals surface area (Å²) >= 11 is 0. The van der Waals surface area contributed by atoms with Crippen LogP contribution in [0.5, 0.6) is 0 Å². The summed E-state index contributed by atoms with van der Waals surface area (Å²) in [6, 6.07) is -0.318. The molecule has 23 heavy (non-hydrogen) atoms. The minimum Gasteiger partial charge on any atom is -0.353 e. The Morgan fingerprint density at radius 1 is 1.48 bits per heavy atom. The second kappa shape index (κ2) is 6.34. The van der Waals surface area contributed by atoms with Crippen molar-refractivity contribution in [2.24, 2.45) is 11.8 Å². The third-order valence-electron chi connectivity index (χ3n) is 4.95. The highest BCUT2D eigenvalue weighted by molar-refractivity contribution is 5.89. The van der Waals surface area contributed by atoms with Gasteiger partial charge in [0, 0.05) is 31.5 Å². The van der Waals surface area contributed by atoms with Gasteiger partial charge < -0.3 is 14.8 Å². The number of fused-ring (bicyclic) bond motifs is 1. The number of hydrogen-bond acceptors (Lipinski definition) is 3. The number of carbonyl (C=O) groups excluding carboxylic acids is 2. The van der Waals surface area contributed by atoms with Gasteiger partial charge >= 0.3 is 0 Å². The molecule has 2 atom stereocenters. The fourth-order valence-corrected chi connectivity index (χ4v) is 3.69. The van der Waals surface area contributed by atoms with Crippen LogP contribution in [-0.2, 0) is 22.6 Å². The number of amides is 2. The van der Waals surface area contributed by atoms with Crippen LogP contribution < -0.4 is 5.32 Å². The maximum atomic E-state index is 13.0. The first-order chi connectivity index (χ1) is 11.0. The number of hydrogen-bond donors (Lipinski definition) is 1. The molecule has 126 valence electrons. The normalized spacial score (nSPS) is 24.5. The zero-order valence-corrected chi connectivity index (χ0v) is 14.2. The summed E-state index contributed by atoms with van der Waals surface area (Å²) in [6.07, 6.45) is 4.36. The van der Waals surface area contributed by atoms with Crippen molar-refractivity contribution in [3.63, 3.8) is 0 Å². The summed E-state index contributed by atoms with van der Waals surface area (Å²) in [5, 5.41) is 2.90. The Hall–Kier alpha value is -1.85. The van der Waals surface area contributed by atoms with E-state index in [-0.39, 0.29) is 23.8 Å². The standard InChI is InChI=1S/C17H26N4O2/c1-11(2)8-15-16(22)18-6-7-20(15)17(23)13-4-5-14-9-19-12(3)21(14)10-13/h9,11,13,15H,4-8,10H2,1-3H3,(H,18,22)/t13-,15+/m1/s1. The fourth-order valence-electron chi connectivity index (χ4n) is 3.69. The second-order valence-corrected chi connectivity index (χ2v) is 7.11. The maximum absolute atomic E-state index is 13.0. The number of nitrogens with zero attached hydrogens (tertiary/aromatic N) is 3. The maximum Gasteiger partial charge on any atom is 0.242 e. The molecule has 0 spiro atoms. The first-order valence-electron chi connectivity index (χ1n) is 8.56. The van der Waals surface area contributed by atoms with Gasteiger partial charge in [-0.25, -0.2) is 4.98 Å². The van der Waals surface area contributed by atoms with Crippen molar-refractivity contribution < 1.29 is 9.59 Å². The Balaban J connectivity index is 1.76. The molecule has 3 rings (SSSR count). The van der Waals surface area contributed by atoms with Crippen molar-refractivity contribution in [3.05, 3.63) is 17.7 Å². The smallest absolute Gasteiger partial charge is 0.242 e. The predicted octanol–water partition coefficient (Wildman–Crippen LogP) is 1.13. The van der Waals surface area contributed by atoms with E-state index < -0.39 is 0 Å². The van der Waals surface area contributed by atoms with Gasteiger partial charge in [0.2, 0.25) is 11.8 Å². The average Bonchev–Trinajstić information content (AvgIpc) is 2.89. The number of aryl methyl sites for hydroxylation is 2. The lowest BCUT2D eigenvalue weighted by atomic mass is 9.93. The number of aromatic nitrogens is 2. The minimum absolute atomic E-state index is 0.00592. The van der Waals surface area contributed by atoms with E-state index in [0.29, 0.717) is 25.6 Å². The molecule has 3 heterocycles. The molecular weight excluding hydrogens is 292 g/mol. The highest BCUT2D eigenvalue weighted by Gasteiger charge is 2.37. The molecule has 1 aromatic heterocycles. The van der Waals surface area contributed by atoms with Crippen molar-refractivity contribution in [1.82, 2.24) is 19.8 Å². The summed E-state index contributed by atoms with van der Waals surface area (Å²) < 4.78 is 2.15. The third-order valence-corrected chi connectivity index (χ3v) is 4.95. The van der Waals surface area contributed by atoms with Crippen LogP contribution in [-0.4, -0.2) is 45.4 Å². The van der Waals surface area contributed by atoms with Crippen LogP contribution >= 0.6 is 0 Å². The van der Waals surface area contributed by atoms with Crippen molar-refractivity contribution in [2.75, 3.05) is 13.1 Å². The van der Waals surface area contributed by atoms with Gasteiger partial charge in [-0.15, -0.1) is 0 Å². The molecule has 1 aromatic rings. The molecule has 0 aliphatic carbocycles. The number of piperazine rings is 1. The van der Waals surface area contributed by atoms with E-state index in [4.69, 9.17) is 0 Å². The Kier molecular flexibility index (Phi) is 4.41. The van der Waals surface area contributed by atoms with E-state index in [1.807, 2.05) is 18.0 Å². The molecule has 0 saturated carbocycles. The van der Waals surface area contributed by atoms with Crippen LogP contribution in [0.1, 0.15) is 38.2 Å². The van der Waals surface area contributed by atoms with Crippen LogP contribution in [0, 0.1) is 18.8 Å². The van der Waals surface area contributed by atoms with Crippen molar-refractivity contribution in [2.45, 2.75) is 52.6 Å². The molecule has 2 aliphatic rings. The van der Waals surface area contributed by atoms with Gasteiger partial charge in [0.25, 0.3) is 0 Å². The van der Waals surface area contributed by atoms with Gasteiger partial charge in [0.15, 0.2) is 0 Å². The zero-order chi connectivity index (χ0) is 16.6. The fraction of sp³-hybridized carbons (Fsp3) is 0.706. The first-order valence-corrected chi connectivity index (χ1v) is 8.56. The number of carbonyl (C=O) groups is 2. The second-order valence-electron chi connectivity index (χ2n) is 7.11. The van der Waals surface area contributed by atoms with Crippen LogP contribution in [0.15, 0.2) is 6.20 Å². The van der Waals surface area contributed by atoms with Gasteiger partial charge in [-0.1, -0.05) is 13.8 Å². The molecule has 1 saturated heterocycles. The van der Waals surface area contributed by atoms with Gasteiger partial charge in [-0.05, 0) is 32.1 Å². The monoisotopic (exact) mass is 318 g/mol. The molecule has 0 unspecified atom stereocenters. The topological polar surface area (TPSA) is 67.2 Å². The van der Waals surface area contributed by atoms with E-state index in [1.54, 1.807) is 0 Å². The molecule has 0 radical (unpaired) electrons. The molecule has 2 aliphatic heterocycles. The van der Waals surface area contributed by atoms with Crippen LogP contribution in [0.25, 0.3) is 0 Å². The van der Waals surface area contributed by atoms with E-state index in [0.717, 1.165) is 25.1 Å². The Morgan fingerprint density at radius 3 is 3.00 bits per heavy atom.